The van der Waals surface area contributed by atoms with E-state index in [4.69, 9.17) is 4.74 Å². The van der Waals surface area contributed by atoms with Crippen LogP contribution in [0, 0.1) is 0 Å². The fourth-order valence-electron chi connectivity index (χ4n) is 1.82. The second-order valence-corrected chi connectivity index (χ2v) is 8.52. The molecule has 1 heterocycles. The maximum absolute atomic E-state index is 13.6. The Kier molecular flexibility index (Phi) is 4.68. The molecule has 7 heteroatoms. The summed E-state index contributed by atoms with van der Waals surface area (Å²) in [4.78, 5) is 22.8. The van der Waals surface area contributed by atoms with Crippen molar-refractivity contribution < 1.29 is 27.8 Å². The molecule has 0 aliphatic carbocycles. The second kappa shape index (κ2) is 6.12. The van der Waals surface area contributed by atoms with E-state index >= 15 is 0 Å². The molecule has 0 amide bonds. The Bertz CT molecular complexity index is 506. The van der Waals surface area contributed by atoms with E-state index in [2.05, 4.69) is 4.74 Å². The summed E-state index contributed by atoms with van der Waals surface area (Å²) in [5.74, 6) is -5.37. The number of hydrogen-bond donors (Lipinski definition) is 0. The van der Waals surface area contributed by atoms with Crippen LogP contribution < -0.4 is 3.27 Å². The zero-order valence-electron chi connectivity index (χ0n) is 10.6. The second-order valence-electron chi connectivity index (χ2n) is 4.23. The molecule has 1 aromatic rings. The molecule has 0 bridgehead atoms. The molecule has 0 unspecified atom stereocenters. The number of carbonyl (C=O) groups excluding carboxylic acids is 2. The average molecular weight is 479 g/mol. The molecule has 1 aromatic carbocycles. The van der Waals surface area contributed by atoms with Crippen molar-refractivity contribution in [2.45, 2.75) is 31.5 Å². The van der Waals surface area contributed by atoms with E-state index < -0.39 is 51.0 Å². The number of hydrogen-bond acceptors (Lipinski definition) is 4. The summed E-state index contributed by atoms with van der Waals surface area (Å²) in [6.07, 6.45) is -2.70. The Hall–Kier alpha value is -1.10. The van der Waals surface area contributed by atoms with Gasteiger partial charge in [0.05, 0.1) is 0 Å². The van der Waals surface area contributed by atoms with Crippen LogP contribution in [0.4, 0.5) is 13.6 Å². The summed E-state index contributed by atoms with van der Waals surface area (Å²) in [6.45, 7) is 1.60. The molecule has 1 saturated heterocycles. The first kappa shape index (κ1) is 15.3. The van der Waals surface area contributed by atoms with Crippen molar-refractivity contribution in [1.29, 1.82) is 0 Å². The molecule has 0 saturated carbocycles. The SMILES string of the molecule is CC[C@H]1OC(=O)C(F)(F)[C@H]1O[C](=O)[Bi][c]1ccccc1. The van der Waals surface area contributed by atoms with Gasteiger partial charge in [0, 0.05) is 0 Å². The molecule has 2 atom stereocenters. The molecule has 0 spiro atoms. The zero-order valence-corrected chi connectivity index (χ0v) is 14.1. The van der Waals surface area contributed by atoms with Gasteiger partial charge in [-0.25, -0.2) is 0 Å². The standard InChI is InChI=1S/C7H7F2O4.C6H5.Bi/c1-2-4-5(12-3-10)7(8,9)6(11)13-4;1-2-4-6-5-3-1;/h4-5H,2H2,1H3;1-5H;/t4-,5+;;/m1../s1. The molecular weight excluding hydrogens is 467 g/mol. The Morgan fingerprint density at radius 2 is 2.05 bits per heavy atom. The van der Waals surface area contributed by atoms with Gasteiger partial charge in [0.15, 0.2) is 0 Å². The molecule has 1 aliphatic heterocycles. The number of cyclic esters (lactones) is 1. The Morgan fingerprint density at radius 1 is 1.40 bits per heavy atom. The van der Waals surface area contributed by atoms with Crippen molar-refractivity contribution in [3.8, 4) is 0 Å². The summed E-state index contributed by atoms with van der Waals surface area (Å²) in [5, 5.41) is 0. The van der Waals surface area contributed by atoms with Crippen LogP contribution in [-0.4, -0.2) is 51.0 Å². The van der Waals surface area contributed by atoms with E-state index in [1.807, 2.05) is 0 Å². The van der Waals surface area contributed by atoms with Gasteiger partial charge in [-0.1, -0.05) is 0 Å². The van der Waals surface area contributed by atoms with Crippen LogP contribution in [0.25, 0.3) is 0 Å². The van der Waals surface area contributed by atoms with E-state index in [1.54, 1.807) is 37.3 Å². The molecule has 0 aromatic heterocycles. The predicted octanol–water partition coefficient (Wildman–Crippen LogP) is 1.49. The van der Waals surface area contributed by atoms with E-state index in [9.17, 15) is 18.4 Å². The minimum absolute atomic E-state index is 0.177. The predicted molar refractivity (Wildman–Crippen MR) is 67.2 cm³/mol. The van der Waals surface area contributed by atoms with Crippen molar-refractivity contribution in [3.63, 3.8) is 0 Å². The van der Waals surface area contributed by atoms with Gasteiger partial charge in [-0.15, -0.1) is 0 Å². The van der Waals surface area contributed by atoms with Crippen LogP contribution in [0.1, 0.15) is 13.3 Å². The Labute approximate surface area is 126 Å². The van der Waals surface area contributed by atoms with E-state index in [0.717, 1.165) is 3.27 Å². The third-order valence-electron chi connectivity index (χ3n) is 2.83. The average Bonchev–Trinajstić information content (AvgIpc) is 2.63. The van der Waals surface area contributed by atoms with Crippen molar-refractivity contribution in [3.05, 3.63) is 30.3 Å². The topological polar surface area (TPSA) is 52.6 Å². The molecule has 20 heavy (non-hydrogen) atoms. The molecule has 1 aliphatic rings. The Morgan fingerprint density at radius 3 is 2.65 bits per heavy atom. The van der Waals surface area contributed by atoms with Gasteiger partial charge < -0.3 is 0 Å². The van der Waals surface area contributed by atoms with Crippen LogP contribution in [0.2, 0.25) is 0 Å². The quantitative estimate of drug-likeness (QED) is 0.486. The third kappa shape index (κ3) is 3.14. The van der Waals surface area contributed by atoms with Gasteiger partial charge in [-0.3, -0.25) is 0 Å². The van der Waals surface area contributed by atoms with Crippen LogP contribution in [0.15, 0.2) is 30.3 Å². The van der Waals surface area contributed by atoms with Crippen molar-refractivity contribution >= 4 is 36.2 Å². The summed E-state index contributed by atoms with van der Waals surface area (Å²) in [6, 6.07) is 8.89. The van der Waals surface area contributed by atoms with Crippen molar-refractivity contribution in [2.75, 3.05) is 0 Å². The minimum atomic E-state index is -3.76. The van der Waals surface area contributed by atoms with Gasteiger partial charge in [-0.05, 0) is 0 Å². The fourth-order valence-corrected chi connectivity index (χ4v) is 4.53. The first-order valence-electron chi connectivity index (χ1n) is 6.01. The van der Waals surface area contributed by atoms with Gasteiger partial charge in [-0.2, -0.15) is 0 Å². The van der Waals surface area contributed by atoms with Crippen LogP contribution >= 0.6 is 0 Å². The van der Waals surface area contributed by atoms with Gasteiger partial charge in [0.25, 0.3) is 0 Å². The molecule has 4 nitrogen and oxygen atoms in total. The molecule has 1 fully saturated rings. The molecule has 107 valence electrons. The van der Waals surface area contributed by atoms with Gasteiger partial charge in [0.1, 0.15) is 0 Å². The first-order chi connectivity index (χ1) is 9.45. The van der Waals surface area contributed by atoms with Crippen LogP contribution in [-0.2, 0) is 14.3 Å². The van der Waals surface area contributed by atoms with Gasteiger partial charge >= 0.3 is 126 Å². The Balaban J connectivity index is 2.04. The number of benzene rings is 1. The monoisotopic (exact) mass is 479 g/mol. The van der Waals surface area contributed by atoms with Crippen molar-refractivity contribution in [2.24, 2.45) is 0 Å². The van der Waals surface area contributed by atoms with Gasteiger partial charge in [0.2, 0.25) is 0 Å². The molecule has 0 N–H and O–H groups in total. The van der Waals surface area contributed by atoms with E-state index in [1.165, 1.54) is 0 Å². The summed E-state index contributed by atoms with van der Waals surface area (Å²) in [7, 11) is 0. The summed E-state index contributed by atoms with van der Waals surface area (Å²) in [5.41, 5.74) is 0. The summed E-state index contributed by atoms with van der Waals surface area (Å²) < 4.78 is 36.8. The number of rotatable bonds is 4. The maximum atomic E-state index is 13.6. The van der Waals surface area contributed by atoms with Crippen LogP contribution in [0.5, 0.6) is 0 Å². The zero-order chi connectivity index (χ0) is 14.8. The molecule has 1 radical (unpaired) electrons. The number of esters is 1. The number of carbonyl (C=O) groups is 2. The number of alkyl halides is 2. The van der Waals surface area contributed by atoms with E-state index in [0.29, 0.717) is 0 Å². The fraction of sp³-hybridized carbons (Fsp3) is 0.385. The van der Waals surface area contributed by atoms with E-state index in [-0.39, 0.29) is 6.42 Å². The number of ether oxygens (including phenoxy) is 2. The normalized spacial score (nSPS) is 24.2. The molecule has 2 rings (SSSR count). The number of halogens is 2. The van der Waals surface area contributed by atoms with Crippen LogP contribution in [0.3, 0.4) is 0 Å². The summed E-state index contributed by atoms with van der Waals surface area (Å²) >= 11 is -1.88. The third-order valence-corrected chi connectivity index (χ3v) is 6.11. The molecular formula is C13H12BiF2O4. The first-order valence-corrected chi connectivity index (χ1v) is 9.49. The van der Waals surface area contributed by atoms with Crippen molar-refractivity contribution in [1.82, 2.24) is 0 Å².